The number of aromatic nitrogens is 2. The maximum Gasteiger partial charge on any atom is 0.123 e. The first-order valence-corrected chi connectivity index (χ1v) is 8.02. The fraction of sp³-hybridized carbons (Fsp3) is 0.562. The topological polar surface area (TPSA) is 59.3 Å². The summed E-state index contributed by atoms with van der Waals surface area (Å²) in [5.74, 6) is 0.970. The van der Waals surface area contributed by atoms with E-state index < -0.39 is 0 Å². The van der Waals surface area contributed by atoms with Crippen LogP contribution in [0, 0.1) is 5.41 Å². The SMILES string of the molecule is Cn1c(CNCC2(CO)CCOCC2)nc2cc(Cl)ccc21. The molecular weight excluding hydrogens is 302 g/mol. The van der Waals surface area contributed by atoms with Gasteiger partial charge in [-0.25, -0.2) is 4.98 Å². The Morgan fingerprint density at radius 3 is 2.91 bits per heavy atom. The highest BCUT2D eigenvalue weighted by Gasteiger charge is 2.31. The van der Waals surface area contributed by atoms with Crippen molar-refractivity contribution in [3.8, 4) is 0 Å². The maximum absolute atomic E-state index is 9.71. The predicted molar refractivity (Wildman–Crippen MR) is 87.0 cm³/mol. The summed E-state index contributed by atoms with van der Waals surface area (Å²) in [5.41, 5.74) is 1.92. The molecule has 1 aliphatic rings. The monoisotopic (exact) mass is 323 g/mol. The molecular formula is C16H22ClN3O2. The van der Waals surface area contributed by atoms with Gasteiger partial charge >= 0.3 is 0 Å². The van der Waals surface area contributed by atoms with E-state index in [0.717, 1.165) is 49.5 Å². The lowest BCUT2D eigenvalue weighted by atomic mass is 9.81. The average molecular weight is 324 g/mol. The van der Waals surface area contributed by atoms with Crippen LogP contribution in [0.5, 0.6) is 0 Å². The predicted octanol–water partition coefficient (Wildman–Crippen LogP) is 2.11. The Morgan fingerprint density at radius 1 is 1.41 bits per heavy atom. The molecule has 0 atom stereocenters. The van der Waals surface area contributed by atoms with Crippen LogP contribution in [0.15, 0.2) is 18.2 Å². The van der Waals surface area contributed by atoms with E-state index in [2.05, 4.69) is 14.9 Å². The van der Waals surface area contributed by atoms with E-state index in [0.29, 0.717) is 11.6 Å². The van der Waals surface area contributed by atoms with Crippen molar-refractivity contribution in [1.29, 1.82) is 0 Å². The molecule has 0 spiro atoms. The number of hydrogen-bond acceptors (Lipinski definition) is 4. The minimum atomic E-state index is -0.0633. The van der Waals surface area contributed by atoms with Gasteiger partial charge in [0.15, 0.2) is 0 Å². The molecule has 3 rings (SSSR count). The molecule has 1 saturated heterocycles. The van der Waals surface area contributed by atoms with Crippen LogP contribution < -0.4 is 5.32 Å². The minimum Gasteiger partial charge on any atom is -0.396 e. The van der Waals surface area contributed by atoms with Crippen LogP contribution in [0.4, 0.5) is 0 Å². The summed E-state index contributed by atoms with van der Waals surface area (Å²) in [5, 5.41) is 13.9. The van der Waals surface area contributed by atoms with Crippen molar-refractivity contribution in [2.75, 3.05) is 26.4 Å². The molecule has 1 aliphatic heterocycles. The molecule has 22 heavy (non-hydrogen) atoms. The van der Waals surface area contributed by atoms with Crippen molar-refractivity contribution in [2.45, 2.75) is 19.4 Å². The van der Waals surface area contributed by atoms with Crippen LogP contribution in [-0.2, 0) is 18.3 Å². The van der Waals surface area contributed by atoms with E-state index in [1.807, 2.05) is 25.2 Å². The summed E-state index contributed by atoms with van der Waals surface area (Å²) in [6, 6.07) is 5.75. The first kappa shape index (κ1) is 15.7. The van der Waals surface area contributed by atoms with Gasteiger partial charge in [-0.3, -0.25) is 0 Å². The first-order valence-electron chi connectivity index (χ1n) is 7.64. The molecule has 120 valence electrons. The fourth-order valence-corrected chi connectivity index (χ4v) is 3.18. The number of nitrogens with zero attached hydrogens (tertiary/aromatic N) is 2. The van der Waals surface area contributed by atoms with E-state index in [4.69, 9.17) is 16.3 Å². The van der Waals surface area contributed by atoms with E-state index in [9.17, 15) is 5.11 Å². The third-order valence-corrected chi connectivity index (χ3v) is 4.84. The van der Waals surface area contributed by atoms with Gasteiger partial charge in [0.1, 0.15) is 5.82 Å². The zero-order valence-corrected chi connectivity index (χ0v) is 13.6. The normalized spacial score (nSPS) is 18.0. The number of halogens is 1. The van der Waals surface area contributed by atoms with E-state index in [1.165, 1.54) is 0 Å². The van der Waals surface area contributed by atoms with Gasteiger partial charge in [0.05, 0.1) is 24.2 Å². The van der Waals surface area contributed by atoms with E-state index in [-0.39, 0.29) is 12.0 Å². The largest absolute Gasteiger partial charge is 0.396 e. The van der Waals surface area contributed by atoms with Gasteiger partial charge in [0.25, 0.3) is 0 Å². The maximum atomic E-state index is 9.71. The second kappa shape index (κ2) is 6.54. The Balaban J connectivity index is 1.67. The van der Waals surface area contributed by atoms with E-state index in [1.54, 1.807) is 0 Å². The smallest absolute Gasteiger partial charge is 0.123 e. The molecule has 2 heterocycles. The summed E-state index contributed by atoms with van der Waals surface area (Å²) < 4.78 is 7.47. The lowest BCUT2D eigenvalue weighted by Crippen LogP contribution is -2.41. The van der Waals surface area contributed by atoms with Crippen molar-refractivity contribution in [3.05, 3.63) is 29.0 Å². The summed E-state index contributed by atoms with van der Waals surface area (Å²) >= 11 is 6.02. The molecule has 0 unspecified atom stereocenters. The lowest BCUT2D eigenvalue weighted by Gasteiger charge is -2.35. The van der Waals surface area contributed by atoms with Crippen molar-refractivity contribution in [3.63, 3.8) is 0 Å². The van der Waals surface area contributed by atoms with Gasteiger partial charge in [-0.2, -0.15) is 0 Å². The Kier molecular flexibility index (Phi) is 4.68. The van der Waals surface area contributed by atoms with Gasteiger partial charge in [-0.15, -0.1) is 0 Å². The number of nitrogens with one attached hydrogen (secondary N) is 1. The molecule has 5 nitrogen and oxygen atoms in total. The number of fused-ring (bicyclic) bond motifs is 1. The van der Waals surface area contributed by atoms with Crippen molar-refractivity contribution >= 4 is 22.6 Å². The summed E-state index contributed by atoms with van der Waals surface area (Å²) in [6.07, 6.45) is 1.79. The summed E-state index contributed by atoms with van der Waals surface area (Å²) in [6.45, 7) is 3.10. The molecule has 0 bridgehead atoms. The first-order chi connectivity index (χ1) is 10.6. The molecule has 1 fully saturated rings. The number of ether oxygens (including phenoxy) is 1. The summed E-state index contributed by atoms with van der Waals surface area (Å²) in [7, 11) is 2.01. The number of aliphatic hydroxyl groups is 1. The Labute approximate surface area is 135 Å². The number of imidazole rings is 1. The molecule has 2 N–H and O–H groups in total. The van der Waals surface area contributed by atoms with Gasteiger partial charge in [-0.1, -0.05) is 11.6 Å². The molecule has 1 aromatic carbocycles. The van der Waals surface area contributed by atoms with Gasteiger partial charge < -0.3 is 19.7 Å². The highest BCUT2D eigenvalue weighted by molar-refractivity contribution is 6.31. The third kappa shape index (κ3) is 3.13. The van der Waals surface area contributed by atoms with Gasteiger partial charge in [-0.05, 0) is 31.0 Å². The van der Waals surface area contributed by atoms with Crippen molar-refractivity contribution < 1.29 is 9.84 Å². The average Bonchev–Trinajstić information content (AvgIpc) is 2.84. The van der Waals surface area contributed by atoms with Crippen LogP contribution in [0.25, 0.3) is 11.0 Å². The Morgan fingerprint density at radius 2 is 2.18 bits per heavy atom. The number of hydrogen-bond donors (Lipinski definition) is 2. The number of benzene rings is 1. The van der Waals surface area contributed by atoms with Crippen LogP contribution in [0.2, 0.25) is 5.02 Å². The fourth-order valence-electron chi connectivity index (χ4n) is 3.02. The quantitative estimate of drug-likeness (QED) is 0.884. The molecule has 0 radical (unpaired) electrons. The van der Waals surface area contributed by atoms with Crippen LogP contribution >= 0.6 is 11.6 Å². The second-order valence-corrected chi connectivity index (χ2v) is 6.53. The number of rotatable bonds is 5. The molecule has 0 amide bonds. The highest BCUT2D eigenvalue weighted by Crippen LogP contribution is 2.29. The van der Waals surface area contributed by atoms with Crippen molar-refractivity contribution in [2.24, 2.45) is 12.5 Å². The molecule has 1 aromatic heterocycles. The number of aliphatic hydroxyl groups excluding tert-OH is 1. The van der Waals surface area contributed by atoms with Gasteiger partial charge in [0.2, 0.25) is 0 Å². The van der Waals surface area contributed by atoms with Gasteiger partial charge in [0, 0.05) is 37.2 Å². The molecule has 2 aromatic rings. The third-order valence-electron chi connectivity index (χ3n) is 4.61. The van der Waals surface area contributed by atoms with Crippen molar-refractivity contribution in [1.82, 2.24) is 14.9 Å². The van der Waals surface area contributed by atoms with Crippen LogP contribution in [0.3, 0.4) is 0 Å². The Bertz CT molecular complexity index is 650. The molecule has 0 saturated carbocycles. The second-order valence-electron chi connectivity index (χ2n) is 6.09. The lowest BCUT2D eigenvalue weighted by molar-refractivity contribution is -0.0155. The highest BCUT2D eigenvalue weighted by atomic mass is 35.5. The standard InChI is InChI=1S/C16H22ClN3O2/c1-20-14-3-2-12(17)8-13(14)19-15(20)9-18-10-16(11-21)4-6-22-7-5-16/h2-3,8,18,21H,4-7,9-11H2,1H3. The zero-order valence-electron chi connectivity index (χ0n) is 12.8. The Hall–Kier alpha value is -1.14. The number of aryl methyl sites for hydroxylation is 1. The molecule has 0 aliphatic carbocycles. The summed E-state index contributed by atoms with van der Waals surface area (Å²) in [4.78, 5) is 4.63. The van der Waals surface area contributed by atoms with Crippen LogP contribution in [-0.4, -0.2) is 41.0 Å². The zero-order chi connectivity index (χ0) is 15.6. The molecule has 6 heteroatoms. The van der Waals surface area contributed by atoms with Crippen LogP contribution in [0.1, 0.15) is 18.7 Å². The minimum absolute atomic E-state index is 0.0633. The van der Waals surface area contributed by atoms with E-state index >= 15 is 0 Å².